The van der Waals surface area contributed by atoms with E-state index in [0.29, 0.717) is 60.3 Å². The molecule has 0 bridgehead atoms. The molecule has 0 spiro atoms. The van der Waals surface area contributed by atoms with Crippen molar-refractivity contribution in [3.05, 3.63) is 35.8 Å². The summed E-state index contributed by atoms with van der Waals surface area (Å²) in [5.74, 6) is 0.208. The third-order valence-corrected chi connectivity index (χ3v) is 4.52. The highest BCUT2D eigenvalue weighted by molar-refractivity contribution is 5.96. The number of phenols is 1. The lowest BCUT2D eigenvalue weighted by atomic mass is 10.1. The van der Waals surface area contributed by atoms with E-state index >= 15 is 0 Å². The van der Waals surface area contributed by atoms with Gasteiger partial charge in [0.2, 0.25) is 11.8 Å². The van der Waals surface area contributed by atoms with Gasteiger partial charge in [0.1, 0.15) is 17.1 Å². The smallest absolute Gasteiger partial charge is 0.226 e. The van der Waals surface area contributed by atoms with Gasteiger partial charge in [0, 0.05) is 41.9 Å². The number of aromatic hydroxyl groups is 1. The molecular weight excluding hydrogens is 351 g/mol. The maximum Gasteiger partial charge on any atom is 0.226 e. The van der Waals surface area contributed by atoms with Crippen LogP contribution in [-0.4, -0.2) is 53.5 Å². The molecule has 1 saturated heterocycles. The summed E-state index contributed by atoms with van der Waals surface area (Å²) < 4.78 is 24.6. The summed E-state index contributed by atoms with van der Waals surface area (Å²) in [6.07, 6.45) is 1.62. The lowest BCUT2D eigenvalue weighted by molar-refractivity contribution is 0.122. The van der Waals surface area contributed by atoms with E-state index in [-0.39, 0.29) is 5.75 Å². The van der Waals surface area contributed by atoms with Gasteiger partial charge in [0.05, 0.1) is 26.0 Å². The van der Waals surface area contributed by atoms with Crippen LogP contribution in [0.3, 0.4) is 0 Å². The fraction of sp³-hybridized carbons (Fsp3) is 0.316. The number of nitrogens with zero attached hydrogens (tertiary/aromatic N) is 4. The molecule has 8 heteroatoms. The zero-order valence-electron chi connectivity index (χ0n) is 15.1. The molecule has 1 aliphatic heterocycles. The number of fused-ring (bicyclic) bond motifs is 1. The molecule has 0 atom stereocenters. The van der Waals surface area contributed by atoms with Crippen LogP contribution in [0.15, 0.2) is 24.4 Å². The quantitative estimate of drug-likeness (QED) is 0.759. The second kappa shape index (κ2) is 6.96. The van der Waals surface area contributed by atoms with Crippen LogP contribution in [0.2, 0.25) is 0 Å². The fourth-order valence-electron chi connectivity index (χ4n) is 3.20. The zero-order valence-corrected chi connectivity index (χ0v) is 15.1. The van der Waals surface area contributed by atoms with Crippen LogP contribution in [0, 0.1) is 12.7 Å². The number of ether oxygens (including phenoxy) is 2. The molecule has 7 nitrogen and oxygen atoms in total. The minimum absolute atomic E-state index is 0.221. The number of hydrogen-bond donors (Lipinski definition) is 1. The van der Waals surface area contributed by atoms with Crippen molar-refractivity contribution >= 4 is 16.9 Å². The molecule has 4 rings (SSSR count). The SMILES string of the molecule is COc1ncc(-c2nc(N3CCOCC3)nc3c(O)cc(F)cc23)cc1C. The van der Waals surface area contributed by atoms with E-state index in [4.69, 9.17) is 9.47 Å². The van der Waals surface area contributed by atoms with E-state index in [2.05, 4.69) is 15.0 Å². The number of benzene rings is 1. The number of aryl methyl sites for hydroxylation is 1. The Labute approximate surface area is 155 Å². The van der Waals surface area contributed by atoms with Crippen LogP contribution < -0.4 is 9.64 Å². The van der Waals surface area contributed by atoms with E-state index in [1.165, 1.54) is 6.07 Å². The highest BCUT2D eigenvalue weighted by Gasteiger charge is 2.20. The van der Waals surface area contributed by atoms with Crippen LogP contribution in [-0.2, 0) is 4.74 Å². The van der Waals surface area contributed by atoms with Crippen LogP contribution in [0.1, 0.15) is 5.56 Å². The van der Waals surface area contributed by atoms with Gasteiger partial charge < -0.3 is 19.5 Å². The number of pyridine rings is 1. The van der Waals surface area contributed by atoms with E-state index in [0.717, 1.165) is 11.6 Å². The lowest BCUT2D eigenvalue weighted by Gasteiger charge is -2.27. The summed E-state index contributed by atoms with van der Waals surface area (Å²) >= 11 is 0. The molecule has 1 aliphatic rings. The van der Waals surface area contributed by atoms with Gasteiger partial charge in [-0.3, -0.25) is 0 Å². The average Bonchev–Trinajstić information content (AvgIpc) is 2.68. The summed E-state index contributed by atoms with van der Waals surface area (Å²) in [4.78, 5) is 15.4. The predicted octanol–water partition coefficient (Wildman–Crippen LogP) is 2.69. The van der Waals surface area contributed by atoms with E-state index in [9.17, 15) is 9.50 Å². The molecule has 0 unspecified atom stereocenters. The number of hydrogen-bond acceptors (Lipinski definition) is 7. The Hall–Kier alpha value is -3.00. The molecule has 2 aromatic heterocycles. The normalized spacial score (nSPS) is 14.6. The first-order valence-corrected chi connectivity index (χ1v) is 8.61. The third-order valence-electron chi connectivity index (χ3n) is 4.52. The molecule has 1 fully saturated rings. The van der Waals surface area contributed by atoms with E-state index in [1.807, 2.05) is 17.9 Å². The Morgan fingerprint density at radius 2 is 1.96 bits per heavy atom. The Bertz CT molecular complexity index is 1010. The minimum atomic E-state index is -0.554. The summed E-state index contributed by atoms with van der Waals surface area (Å²) in [7, 11) is 1.55. The van der Waals surface area contributed by atoms with Crippen molar-refractivity contribution in [2.24, 2.45) is 0 Å². The number of phenolic OH excluding ortho intramolecular Hbond substituents is 1. The number of aromatic nitrogens is 3. The topological polar surface area (TPSA) is 80.6 Å². The molecule has 27 heavy (non-hydrogen) atoms. The van der Waals surface area contributed by atoms with Crippen molar-refractivity contribution in [3.63, 3.8) is 0 Å². The maximum absolute atomic E-state index is 14.0. The van der Waals surface area contributed by atoms with Gasteiger partial charge in [-0.05, 0) is 19.1 Å². The highest BCUT2D eigenvalue weighted by Crippen LogP contribution is 2.34. The average molecular weight is 370 g/mol. The fourth-order valence-corrected chi connectivity index (χ4v) is 3.20. The van der Waals surface area contributed by atoms with E-state index < -0.39 is 5.82 Å². The first kappa shape index (κ1) is 17.4. The lowest BCUT2D eigenvalue weighted by Crippen LogP contribution is -2.37. The standard InChI is InChI=1S/C19H19FN4O3/c1-11-7-12(10-21-18(11)26-2)16-14-8-13(20)9-15(25)17(14)23-19(22-16)24-3-5-27-6-4-24/h7-10,25H,3-6H2,1-2H3. The molecule has 0 radical (unpaired) electrons. The number of rotatable bonds is 3. The van der Waals surface area contributed by atoms with Crippen LogP contribution >= 0.6 is 0 Å². The van der Waals surface area contributed by atoms with Gasteiger partial charge in [-0.2, -0.15) is 0 Å². The highest BCUT2D eigenvalue weighted by atomic mass is 19.1. The number of methoxy groups -OCH3 is 1. The first-order chi connectivity index (χ1) is 13.1. The Kier molecular flexibility index (Phi) is 4.49. The molecule has 140 valence electrons. The molecule has 0 amide bonds. The predicted molar refractivity (Wildman–Crippen MR) is 98.7 cm³/mol. The van der Waals surface area contributed by atoms with Gasteiger partial charge in [0.15, 0.2) is 0 Å². The van der Waals surface area contributed by atoms with Crippen molar-refractivity contribution in [2.45, 2.75) is 6.92 Å². The number of morpholine rings is 1. The van der Waals surface area contributed by atoms with Gasteiger partial charge in [-0.15, -0.1) is 0 Å². The number of halogens is 1. The van der Waals surface area contributed by atoms with Crippen LogP contribution in [0.4, 0.5) is 10.3 Å². The second-order valence-electron chi connectivity index (χ2n) is 6.34. The molecule has 0 saturated carbocycles. The molecule has 1 N–H and O–H groups in total. The van der Waals surface area contributed by atoms with Gasteiger partial charge >= 0.3 is 0 Å². The third kappa shape index (κ3) is 3.23. The molecule has 3 aromatic rings. The monoisotopic (exact) mass is 370 g/mol. The molecular formula is C19H19FN4O3. The summed E-state index contributed by atoms with van der Waals surface area (Å²) in [6, 6.07) is 4.26. The summed E-state index contributed by atoms with van der Waals surface area (Å²) in [5, 5.41) is 10.7. The van der Waals surface area contributed by atoms with Crippen molar-refractivity contribution < 1.29 is 19.0 Å². The van der Waals surface area contributed by atoms with Crippen molar-refractivity contribution in [1.29, 1.82) is 0 Å². The van der Waals surface area contributed by atoms with Gasteiger partial charge in [-0.25, -0.2) is 19.3 Å². The molecule has 1 aromatic carbocycles. The first-order valence-electron chi connectivity index (χ1n) is 8.61. The largest absolute Gasteiger partial charge is 0.506 e. The van der Waals surface area contributed by atoms with Gasteiger partial charge in [0.25, 0.3) is 0 Å². The Morgan fingerprint density at radius 1 is 1.19 bits per heavy atom. The van der Waals surface area contributed by atoms with E-state index in [1.54, 1.807) is 13.3 Å². The maximum atomic E-state index is 14.0. The van der Waals surface area contributed by atoms with Crippen LogP contribution in [0.25, 0.3) is 22.2 Å². The Balaban J connectivity index is 1.95. The van der Waals surface area contributed by atoms with Crippen molar-refractivity contribution in [1.82, 2.24) is 15.0 Å². The van der Waals surface area contributed by atoms with Crippen molar-refractivity contribution in [2.75, 3.05) is 38.3 Å². The summed E-state index contributed by atoms with van der Waals surface area (Å²) in [6.45, 7) is 4.32. The van der Waals surface area contributed by atoms with Crippen molar-refractivity contribution in [3.8, 4) is 22.9 Å². The number of anilines is 1. The Morgan fingerprint density at radius 3 is 2.67 bits per heavy atom. The zero-order chi connectivity index (χ0) is 19.0. The van der Waals surface area contributed by atoms with Crippen LogP contribution in [0.5, 0.6) is 11.6 Å². The second-order valence-corrected chi connectivity index (χ2v) is 6.34. The molecule has 3 heterocycles. The summed E-state index contributed by atoms with van der Waals surface area (Å²) in [5.41, 5.74) is 2.33. The van der Waals surface area contributed by atoms with Gasteiger partial charge in [-0.1, -0.05) is 0 Å². The molecule has 0 aliphatic carbocycles. The minimum Gasteiger partial charge on any atom is -0.506 e.